The average Bonchev–Trinajstić information content (AvgIpc) is 2.63. The number of hydrogen-bond donors (Lipinski definition) is 1. The summed E-state index contributed by atoms with van der Waals surface area (Å²) >= 11 is 0. The lowest BCUT2D eigenvalue weighted by molar-refractivity contribution is 0.452. The molecule has 3 rings (SSSR count). The van der Waals surface area contributed by atoms with Crippen molar-refractivity contribution < 1.29 is 0 Å². The van der Waals surface area contributed by atoms with Crippen molar-refractivity contribution in [3.05, 3.63) is 35.0 Å². The van der Waals surface area contributed by atoms with Crippen LogP contribution in [0.1, 0.15) is 36.7 Å². The summed E-state index contributed by atoms with van der Waals surface area (Å²) in [7, 11) is 0. The Morgan fingerprint density at radius 1 is 1.39 bits per heavy atom. The van der Waals surface area contributed by atoms with E-state index in [1.54, 1.807) is 0 Å². The second-order valence-corrected chi connectivity index (χ2v) is 5.07. The molecular weight excluding hydrogens is 244 g/mol. The third kappa shape index (κ3) is 1.84. The average molecular weight is 265 g/mol. The third-order valence-electron chi connectivity index (χ3n) is 3.92. The summed E-state index contributed by atoms with van der Waals surface area (Å²) in [6.07, 6.45) is 1.12. The van der Waals surface area contributed by atoms with Crippen molar-refractivity contribution in [2.24, 2.45) is 0 Å². The molecule has 0 fully saturated rings. The minimum atomic E-state index is 0. The molecule has 2 nitrogen and oxygen atoms in total. The Bertz CT molecular complexity index is 571. The number of nitrogens with zero attached hydrogens (tertiary/aromatic N) is 1. The second-order valence-electron chi connectivity index (χ2n) is 5.07. The summed E-state index contributed by atoms with van der Waals surface area (Å²) in [5.41, 5.74) is 5.80. The van der Waals surface area contributed by atoms with Crippen LogP contribution in [-0.4, -0.2) is 11.1 Å². The maximum atomic E-state index is 3.57. The van der Waals surface area contributed by atoms with Gasteiger partial charge in [-0.15, -0.1) is 12.4 Å². The molecule has 1 N–H and O–H groups in total. The fourth-order valence-corrected chi connectivity index (χ4v) is 3.15. The Kier molecular flexibility index (Phi) is 3.69. The maximum absolute atomic E-state index is 3.57. The highest BCUT2D eigenvalue weighted by Crippen LogP contribution is 2.33. The van der Waals surface area contributed by atoms with Gasteiger partial charge in [-0.1, -0.05) is 18.6 Å². The minimum absolute atomic E-state index is 0. The predicted molar refractivity (Wildman–Crippen MR) is 79.7 cm³/mol. The molecule has 1 aromatic carbocycles. The molecule has 0 amide bonds. The van der Waals surface area contributed by atoms with Crippen molar-refractivity contribution in [3.8, 4) is 0 Å². The SMILES string of the molecule is CCc1c2n(c3ccc(C)cc13)CCNC2C.Cl. The van der Waals surface area contributed by atoms with Gasteiger partial charge in [0, 0.05) is 35.7 Å². The van der Waals surface area contributed by atoms with Crippen molar-refractivity contribution >= 4 is 23.3 Å². The van der Waals surface area contributed by atoms with E-state index in [-0.39, 0.29) is 12.4 Å². The van der Waals surface area contributed by atoms with E-state index in [2.05, 4.69) is 48.9 Å². The molecule has 2 aromatic rings. The van der Waals surface area contributed by atoms with Gasteiger partial charge < -0.3 is 9.88 Å². The molecule has 18 heavy (non-hydrogen) atoms. The van der Waals surface area contributed by atoms with E-state index in [4.69, 9.17) is 0 Å². The molecule has 1 aromatic heterocycles. The van der Waals surface area contributed by atoms with Gasteiger partial charge in [0.1, 0.15) is 0 Å². The first-order chi connectivity index (χ1) is 8.22. The van der Waals surface area contributed by atoms with Gasteiger partial charge in [0.2, 0.25) is 0 Å². The summed E-state index contributed by atoms with van der Waals surface area (Å²) in [6.45, 7) is 8.89. The number of fused-ring (bicyclic) bond motifs is 3. The van der Waals surface area contributed by atoms with Gasteiger partial charge in [0.25, 0.3) is 0 Å². The van der Waals surface area contributed by atoms with E-state index in [0.29, 0.717) is 6.04 Å². The van der Waals surface area contributed by atoms with Gasteiger partial charge in [-0.25, -0.2) is 0 Å². The molecule has 0 saturated carbocycles. The molecule has 2 heterocycles. The lowest BCUT2D eigenvalue weighted by Gasteiger charge is -2.25. The first-order valence-corrected chi connectivity index (χ1v) is 6.57. The smallest absolute Gasteiger partial charge is 0.0486 e. The van der Waals surface area contributed by atoms with Gasteiger partial charge in [0.15, 0.2) is 0 Å². The number of hydrogen-bond acceptors (Lipinski definition) is 1. The van der Waals surface area contributed by atoms with Crippen LogP contribution >= 0.6 is 12.4 Å². The van der Waals surface area contributed by atoms with E-state index < -0.39 is 0 Å². The van der Waals surface area contributed by atoms with Gasteiger partial charge in [0.05, 0.1) is 0 Å². The highest BCUT2D eigenvalue weighted by atomic mass is 35.5. The zero-order valence-corrected chi connectivity index (χ0v) is 12.1. The Balaban J connectivity index is 0.00000120. The van der Waals surface area contributed by atoms with Crippen molar-refractivity contribution in [3.63, 3.8) is 0 Å². The molecule has 0 aliphatic carbocycles. The summed E-state index contributed by atoms with van der Waals surface area (Å²) in [6, 6.07) is 7.32. The molecule has 0 saturated heterocycles. The second kappa shape index (κ2) is 4.94. The van der Waals surface area contributed by atoms with Crippen molar-refractivity contribution in [1.29, 1.82) is 0 Å². The molecule has 0 radical (unpaired) electrons. The van der Waals surface area contributed by atoms with Gasteiger partial charge >= 0.3 is 0 Å². The lowest BCUT2D eigenvalue weighted by Crippen LogP contribution is -2.31. The summed E-state index contributed by atoms with van der Waals surface area (Å²) in [5, 5.41) is 5.02. The van der Waals surface area contributed by atoms with E-state index in [9.17, 15) is 0 Å². The van der Waals surface area contributed by atoms with Crippen LogP contribution in [0.3, 0.4) is 0 Å². The Hall–Kier alpha value is -0.990. The molecule has 0 bridgehead atoms. The maximum Gasteiger partial charge on any atom is 0.0486 e. The van der Waals surface area contributed by atoms with E-state index in [1.807, 2.05) is 0 Å². The van der Waals surface area contributed by atoms with E-state index in [1.165, 1.54) is 27.7 Å². The van der Waals surface area contributed by atoms with Crippen LogP contribution < -0.4 is 5.32 Å². The van der Waals surface area contributed by atoms with Crippen LogP contribution in [0.4, 0.5) is 0 Å². The molecule has 1 aliphatic rings. The molecule has 1 unspecified atom stereocenters. The predicted octanol–water partition coefficient (Wildman–Crippen LogP) is 3.60. The number of halogens is 1. The van der Waals surface area contributed by atoms with E-state index in [0.717, 1.165) is 19.5 Å². The van der Waals surface area contributed by atoms with Crippen molar-refractivity contribution in [2.75, 3.05) is 6.54 Å². The molecule has 98 valence electrons. The zero-order chi connectivity index (χ0) is 12.0. The molecule has 0 spiro atoms. The Labute approximate surface area is 115 Å². The van der Waals surface area contributed by atoms with Gasteiger partial charge in [-0.2, -0.15) is 0 Å². The number of benzene rings is 1. The number of nitrogens with one attached hydrogen (secondary N) is 1. The number of aromatic nitrogens is 1. The fraction of sp³-hybridized carbons (Fsp3) is 0.467. The fourth-order valence-electron chi connectivity index (χ4n) is 3.15. The standard InChI is InChI=1S/C15H20N2.ClH/c1-4-12-13-9-10(2)5-6-14(13)17-8-7-16-11(3)15(12)17;/h5-6,9,11,16H,4,7-8H2,1-3H3;1H. The summed E-state index contributed by atoms with van der Waals surface area (Å²) in [5.74, 6) is 0. The Morgan fingerprint density at radius 2 is 2.17 bits per heavy atom. The number of aryl methyl sites for hydroxylation is 2. The van der Waals surface area contributed by atoms with Crippen molar-refractivity contribution in [2.45, 2.75) is 39.8 Å². The quantitative estimate of drug-likeness (QED) is 0.833. The minimum Gasteiger partial charge on any atom is -0.342 e. The molecular formula is C15H21ClN2. The third-order valence-corrected chi connectivity index (χ3v) is 3.92. The normalized spacial score (nSPS) is 18.5. The topological polar surface area (TPSA) is 17.0 Å². The Morgan fingerprint density at radius 3 is 2.89 bits per heavy atom. The molecule has 1 aliphatic heterocycles. The van der Waals surface area contributed by atoms with Crippen LogP contribution in [0.5, 0.6) is 0 Å². The van der Waals surface area contributed by atoms with Crippen molar-refractivity contribution in [1.82, 2.24) is 9.88 Å². The van der Waals surface area contributed by atoms with Crippen LogP contribution in [0.2, 0.25) is 0 Å². The summed E-state index contributed by atoms with van der Waals surface area (Å²) in [4.78, 5) is 0. The van der Waals surface area contributed by atoms with Crippen LogP contribution in [0.25, 0.3) is 10.9 Å². The first kappa shape index (κ1) is 13.4. The van der Waals surface area contributed by atoms with Crippen LogP contribution in [0.15, 0.2) is 18.2 Å². The first-order valence-electron chi connectivity index (χ1n) is 6.57. The highest BCUT2D eigenvalue weighted by molar-refractivity contribution is 5.86. The summed E-state index contributed by atoms with van der Waals surface area (Å²) < 4.78 is 2.51. The largest absolute Gasteiger partial charge is 0.342 e. The highest BCUT2D eigenvalue weighted by Gasteiger charge is 2.23. The van der Waals surface area contributed by atoms with Gasteiger partial charge in [-0.05, 0) is 38.0 Å². The van der Waals surface area contributed by atoms with Crippen LogP contribution in [0, 0.1) is 6.92 Å². The molecule has 1 atom stereocenters. The van der Waals surface area contributed by atoms with Crippen LogP contribution in [-0.2, 0) is 13.0 Å². The van der Waals surface area contributed by atoms with E-state index >= 15 is 0 Å². The van der Waals surface area contributed by atoms with Gasteiger partial charge in [-0.3, -0.25) is 0 Å². The monoisotopic (exact) mass is 264 g/mol. The lowest BCUT2D eigenvalue weighted by atomic mass is 10.0. The molecule has 3 heteroatoms. The zero-order valence-electron chi connectivity index (χ0n) is 11.3. The number of rotatable bonds is 1.